The summed E-state index contributed by atoms with van der Waals surface area (Å²) in [5.41, 5.74) is 11.2. The zero-order valence-electron chi connectivity index (χ0n) is 34.1. The monoisotopic (exact) mass is 812 g/mol. The fraction of sp³-hybridized carbons (Fsp3) is 0.250. The first-order chi connectivity index (χ1) is 28.4. The van der Waals surface area contributed by atoms with Gasteiger partial charge in [-0.25, -0.2) is 0 Å². The van der Waals surface area contributed by atoms with E-state index in [1.54, 1.807) is 28.4 Å². The number of para-hydroxylation sites is 2. The average Bonchev–Trinajstić information content (AvgIpc) is 3.29. The predicted molar refractivity (Wildman–Crippen MR) is 241 cm³/mol. The molecule has 0 heterocycles. The number of benzene rings is 6. The summed E-state index contributed by atoms with van der Waals surface area (Å²) in [6.07, 6.45) is 3.46. The Balaban J connectivity index is 1.18. The number of nitrogens with zero attached hydrogens (tertiary/aromatic N) is 2. The van der Waals surface area contributed by atoms with Crippen LogP contribution in [0, 0.1) is 0 Å². The van der Waals surface area contributed by atoms with Crippen LogP contribution in [0.4, 0.5) is 34.1 Å². The maximum atomic E-state index is 9.83. The minimum absolute atomic E-state index is 0.0415. The van der Waals surface area contributed by atoms with E-state index in [-0.39, 0.29) is 12.5 Å². The van der Waals surface area contributed by atoms with Gasteiger partial charge in [-0.1, -0.05) is 84.9 Å². The van der Waals surface area contributed by atoms with Gasteiger partial charge in [0.15, 0.2) is 0 Å². The number of aliphatic hydroxyl groups is 2. The van der Waals surface area contributed by atoms with Crippen molar-refractivity contribution in [2.75, 3.05) is 50.7 Å². The molecule has 10 heteroatoms. The molecule has 0 saturated heterocycles. The van der Waals surface area contributed by atoms with Crippen LogP contribution in [0.3, 0.4) is 0 Å². The van der Waals surface area contributed by atoms with Crippen LogP contribution in [0.1, 0.15) is 24.0 Å². The summed E-state index contributed by atoms with van der Waals surface area (Å²) >= 11 is 0. The van der Waals surface area contributed by atoms with Gasteiger partial charge in [-0.2, -0.15) is 0 Å². The highest BCUT2D eigenvalue weighted by atomic mass is 28.4. The molecular weight excluding hydrogens is 757 g/mol. The lowest BCUT2D eigenvalue weighted by atomic mass is 10.0. The van der Waals surface area contributed by atoms with Crippen LogP contribution in [0.15, 0.2) is 158 Å². The van der Waals surface area contributed by atoms with Gasteiger partial charge >= 0.3 is 17.1 Å². The summed E-state index contributed by atoms with van der Waals surface area (Å²) in [5.74, 6) is 0. The molecule has 0 aliphatic rings. The number of hydrogen-bond donors (Lipinski definition) is 2. The van der Waals surface area contributed by atoms with Crippen LogP contribution in [0.2, 0.25) is 12.1 Å². The lowest BCUT2D eigenvalue weighted by Crippen LogP contribution is -2.44. The van der Waals surface area contributed by atoms with Crippen molar-refractivity contribution >= 4 is 51.2 Å². The van der Waals surface area contributed by atoms with Crippen molar-refractivity contribution in [1.82, 2.24) is 0 Å². The smallest absolute Gasteiger partial charge is 0.364 e. The molecule has 0 atom stereocenters. The number of anilines is 6. The highest BCUT2D eigenvalue weighted by Crippen LogP contribution is 2.38. The Kier molecular flexibility index (Phi) is 15.2. The molecule has 0 unspecified atom stereocenters. The quantitative estimate of drug-likeness (QED) is 0.0696. The Hall–Kier alpha value is -4.89. The molecule has 6 aromatic rings. The summed E-state index contributed by atoms with van der Waals surface area (Å²) in [7, 11) is 1.46. The van der Waals surface area contributed by atoms with Gasteiger partial charge in [0.2, 0.25) is 0 Å². The van der Waals surface area contributed by atoms with Gasteiger partial charge in [-0.3, -0.25) is 0 Å². The molecule has 8 nitrogen and oxygen atoms in total. The van der Waals surface area contributed by atoms with Crippen LogP contribution >= 0.6 is 0 Å². The third kappa shape index (κ3) is 10.4. The standard InChI is InChI=1S/C48H56N2O6Si2/c1-53-57(37-51,54-2)35-11-13-39-19-27-45(28-20-39)49(43-15-7-5-8-16-43)47-31-23-41(24-32-47)42-25-33-48(34-26-42)50(44-17-9-6-10-18-44)46-29-21-40(22-30-46)14-12-36-58(38-52,55-3)56-4/h5-10,15-34,51-52H,11-14,35-38H2,1-4H3. The van der Waals surface area contributed by atoms with Crippen molar-refractivity contribution in [3.63, 3.8) is 0 Å². The Morgan fingerprint density at radius 3 is 0.931 bits per heavy atom. The first-order valence-electron chi connectivity index (χ1n) is 19.9. The number of aryl methyl sites for hydroxylation is 2. The van der Waals surface area contributed by atoms with Crippen molar-refractivity contribution in [2.24, 2.45) is 0 Å². The van der Waals surface area contributed by atoms with Gasteiger partial charge < -0.3 is 37.7 Å². The molecule has 0 amide bonds. The second-order valence-corrected chi connectivity index (χ2v) is 21.3. The Labute approximate surface area is 346 Å². The zero-order chi connectivity index (χ0) is 40.8. The van der Waals surface area contributed by atoms with E-state index in [1.165, 1.54) is 11.1 Å². The molecule has 0 aliphatic carbocycles. The molecule has 0 spiro atoms. The molecule has 0 radical (unpaired) electrons. The molecule has 0 saturated carbocycles. The Morgan fingerprint density at radius 2 is 0.655 bits per heavy atom. The van der Waals surface area contributed by atoms with Crippen LogP contribution < -0.4 is 9.80 Å². The third-order valence-electron chi connectivity index (χ3n) is 11.0. The summed E-state index contributed by atoms with van der Waals surface area (Å²) < 4.78 is 22.3. The van der Waals surface area contributed by atoms with E-state index in [2.05, 4.69) is 155 Å². The molecule has 6 rings (SSSR count). The first-order valence-corrected chi connectivity index (χ1v) is 24.4. The second-order valence-electron chi connectivity index (χ2n) is 14.4. The third-order valence-corrected chi connectivity index (χ3v) is 17.2. The average molecular weight is 813 g/mol. The predicted octanol–water partition coefficient (Wildman–Crippen LogP) is 10.7. The first kappa shape index (κ1) is 42.7. The van der Waals surface area contributed by atoms with Crippen LogP contribution in [0.5, 0.6) is 0 Å². The maximum Gasteiger partial charge on any atom is 0.364 e. The molecule has 0 aliphatic heterocycles. The molecule has 302 valence electrons. The van der Waals surface area contributed by atoms with Crippen LogP contribution in [0.25, 0.3) is 11.1 Å². The highest BCUT2D eigenvalue weighted by Gasteiger charge is 2.35. The minimum atomic E-state index is -2.53. The van der Waals surface area contributed by atoms with Gasteiger partial charge in [0.05, 0.1) is 12.5 Å². The summed E-state index contributed by atoms with van der Waals surface area (Å²) in [5, 5.41) is 19.7. The Bertz CT molecular complexity index is 1930. The van der Waals surface area contributed by atoms with Crippen molar-refractivity contribution in [3.8, 4) is 11.1 Å². The topological polar surface area (TPSA) is 83.9 Å². The molecule has 58 heavy (non-hydrogen) atoms. The van der Waals surface area contributed by atoms with Gasteiger partial charge in [-0.15, -0.1) is 0 Å². The van der Waals surface area contributed by atoms with Crippen molar-refractivity contribution in [1.29, 1.82) is 0 Å². The van der Waals surface area contributed by atoms with Crippen molar-refractivity contribution in [2.45, 2.75) is 37.8 Å². The van der Waals surface area contributed by atoms with Crippen LogP contribution in [-0.2, 0) is 30.5 Å². The van der Waals surface area contributed by atoms with Crippen molar-refractivity contribution < 1.29 is 27.9 Å². The molecule has 0 aromatic heterocycles. The number of rotatable bonds is 21. The normalized spacial score (nSPS) is 11.8. The van der Waals surface area contributed by atoms with Gasteiger partial charge in [0, 0.05) is 62.6 Å². The molecule has 2 N–H and O–H groups in total. The van der Waals surface area contributed by atoms with E-state index in [0.29, 0.717) is 0 Å². The maximum absolute atomic E-state index is 9.83. The lowest BCUT2D eigenvalue weighted by Gasteiger charge is -2.26. The second kappa shape index (κ2) is 20.7. The van der Waals surface area contributed by atoms with Gasteiger partial charge in [-0.05, 0) is 133 Å². The lowest BCUT2D eigenvalue weighted by molar-refractivity contribution is 0.196. The Morgan fingerprint density at radius 1 is 0.379 bits per heavy atom. The molecular formula is C48H56N2O6Si2. The van der Waals surface area contributed by atoms with Gasteiger partial charge in [0.1, 0.15) is 0 Å². The summed E-state index contributed by atoms with van der Waals surface area (Å²) in [6.45, 7) is 0. The van der Waals surface area contributed by atoms with E-state index in [0.717, 1.165) is 83.0 Å². The van der Waals surface area contributed by atoms with Crippen molar-refractivity contribution in [3.05, 3.63) is 169 Å². The number of hydrogen-bond acceptors (Lipinski definition) is 8. The van der Waals surface area contributed by atoms with Gasteiger partial charge in [0.25, 0.3) is 0 Å². The molecule has 0 fully saturated rings. The SMILES string of the molecule is CO[Si](CO)(CCCc1ccc(N(c2ccccc2)c2ccc(-c3ccc(N(c4ccccc4)c4ccc(CCC[Si](CO)(OC)OC)cc4)cc3)cc2)cc1)OC. The molecule has 0 bridgehead atoms. The fourth-order valence-corrected chi connectivity index (χ4v) is 10.8. The largest absolute Gasteiger partial charge is 0.396 e. The minimum Gasteiger partial charge on any atom is -0.396 e. The van der Waals surface area contributed by atoms with E-state index in [4.69, 9.17) is 17.7 Å². The van der Waals surface area contributed by atoms with E-state index in [9.17, 15) is 10.2 Å². The summed E-state index contributed by atoms with van der Waals surface area (Å²) in [4.78, 5) is 4.56. The number of aliphatic hydroxyl groups excluding tert-OH is 2. The van der Waals surface area contributed by atoms with Crippen LogP contribution in [-0.4, -0.2) is 68.2 Å². The van der Waals surface area contributed by atoms with E-state index < -0.39 is 17.1 Å². The van der Waals surface area contributed by atoms with E-state index in [1.807, 2.05) is 12.1 Å². The highest BCUT2D eigenvalue weighted by molar-refractivity contribution is 6.67. The zero-order valence-corrected chi connectivity index (χ0v) is 36.1. The van der Waals surface area contributed by atoms with E-state index >= 15 is 0 Å². The molecule has 6 aromatic carbocycles. The fourth-order valence-electron chi connectivity index (χ4n) is 7.39. The summed E-state index contributed by atoms with van der Waals surface area (Å²) in [6, 6.07) is 57.4.